The Morgan fingerprint density at radius 1 is 1.18 bits per heavy atom. The molecule has 1 N–H and O–H groups in total. The molecule has 0 aliphatic heterocycles. The molecule has 0 atom stereocenters. The maximum absolute atomic E-state index is 12.9. The second kappa shape index (κ2) is 3.76. The van der Waals surface area contributed by atoms with E-state index >= 15 is 0 Å². The quantitative estimate of drug-likeness (QED) is 0.770. The van der Waals surface area contributed by atoms with E-state index in [1.165, 1.54) is 12.1 Å². The monoisotopic (exact) mass is 246 g/mol. The van der Waals surface area contributed by atoms with Crippen LogP contribution in [0.3, 0.4) is 0 Å². The van der Waals surface area contributed by atoms with Crippen LogP contribution in [0, 0.1) is 5.82 Å². The van der Waals surface area contributed by atoms with Gasteiger partial charge in [0.15, 0.2) is 0 Å². The van der Waals surface area contributed by atoms with Gasteiger partial charge in [0, 0.05) is 6.07 Å². The van der Waals surface area contributed by atoms with Crippen LogP contribution in [-0.4, -0.2) is 9.78 Å². The second-order valence-corrected chi connectivity index (χ2v) is 3.32. The van der Waals surface area contributed by atoms with Gasteiger partial charge in [0.25, 0.3) is 5.56 Å². The zero-order valence-corrected chi connectivity index (χ0v) is 8.25. The molecule has 1 heterocycles. The number of benzene rings is 1. The fraction of sp³-hybridized carbons (Fsp3) is 0.100. The van der Waals surface area contributed by atoms with E-state index in [0.29, 0.717) is 10.7 Å². The van der Waals surface area contributed by atoms with Crippen molar-refractivity contribution in [2.45, 2.75) is 6.18 Å². The number of nitrogens with zero attached hydrogens (tertiary/aromatic N) is 1. The van der Waals surface area contributed by atoms with E-state index in [-0.39, 0.29) is 5.69 Å². The zero-order valence-electron chi connectivity index (χ0n) is 8.25. The van der Waals surface area contributed by atoms with E-state index in [1.54, 1.807) is 0 Å². The van der Waals surface area contributed by atoms with Crippen LogP contribution >= 0.6 is 0 Å². The van der Waals surface area contributed by atoms with Gasteiger partial charge >= 0.3 is 6.18 Å². The maximum Gasteiger partial charge on any atom is 0.432 e. The Hall–Kier alpha value is -2.05. The predicted octanol–water partition coefficient (Wildman–Crippen LogP) is 2.32. The minimum Gasteiger partial charge on any atom is -0.286 e. The molecular formula is C10H6F4N2O. The summed E-state index contributed by atoms with van der Waals surface area (Å²) in [5.41, 5.74) is -2.07. The summed E-state index contributed by atoms with van der Waals surface area (Å²) in [5.74, 6) is -0.641. The molecule has 0 aliphatic carbocycles. The highest BCUT2D eigenvalue weighted by molar-refractivity contribution is 5.31. The minimum absolute atomic E-state index is 0.00509. The molecule has 0 bridgehead atoms. The number of H-pyrrole nitrogens is 1. The van der Waals surface area contributed by atoms with Crippen molar-refractivity contribution < 1.29 is 17.6 Å². The molecule has 90 valence electrons. The Balaban J connectivity index is 2.54. The molecule has 0 radical (unpaired) electrons. The van der Waals surface area contributed by atoms with Crippen molar-refractivity contribution in [1.29, 1.82) is 0 Å². The molecule has 0 fully saturated rings. The van der Waals surface area contributed by atoms with Crippen molar-refractivity contribution >= 4 is 0 Å². The van der Waals surface area contributed by atoms with Crippen LogP contribution < -0.4 is 5.56 Å². The first-order chi connectivity index (χ1) is 7.88. The molecule has 0 aliphatic rings. The summed E-state index contributed by atoms with van der Waals surface area (Å²) in [7, 11) is 0. The smallest absolute Gasteiger partial charge is 0.286 e. The fourth-order valence-corrected chi connectivity index (χ4v) is 1.35. The Labute approximate surface area is 92.3 Å². The molecule has 0 amide bonds. The van der Waals surface area contributed by atoms with Gasteiger partial charge in [-0.05, 0) is 18.2 Å². The first kappa shape index (κ1) is 11.4. The van der Waals surface area contributed by atoms with Crippen LogP contribution in [0.4, 0.5) is 17.6 Å². The molecular weight excluding hydrogens is 240 g/mol. The van der Waals surface area contributed by atoms with Gasteiger partial charge in [-0.15, -0.1) is 0 Å². The number of hydrogen-bond donors (Lipinski definition) is 1. The van der Waals surface area contributed by atoms with Crippen LogP contribution in [0.2, 0.25) is 0 Å². The normalized spacial score (nSPS) is 11.8. The Morgan fingerprint density at radius 3 is 2.41 bits per heavy atom. The molecule has 1 aromatic carbocycles. The van der Waals surface area contributed by atoms with Gasteiger partial charge in [-0.3, -0.25) is 9.89 Å². The molecule has 1 aromatic heterocycles. The number of alkyl halides is 3. The van der Waals surface area contributed by atoms with E-state index in [2.05, 4.69) is 0 Å². The first-order valence-electron chi connectivity index (χ1n) is 4.53. The second-order valence-electron chi connectivity index (χ2n) is 3.32. The predicted molar refractivity (Wildman–Crippen MR) is 51.3 cm³/mol. The van der Waals surface area contributed by atoms with Crippen LogP contribution in [0.1, 0.15) is 5.69 Å². The summed E-state index contributed by atoms with van der Waals surface area (Å²) in [5, 5.41) is 1.88. The average molecular weight is 246 g/mol. The molecule has 2 aromatic rings. The highest BCUT2D eigenvalue weighted by Crippen LogP contribution is 2.26. The molecule has 0 spiro atoms. The SMILES string of the molecule is O=c1cc(C(F)(F)F)[nH]n1-c1cccc(F)c1. The van der Waals surface area contributed by atoms with Crippen molar-refractivity contribution in [2.24, 2.45) is 0 Å². The van der Waals surface area contributed by atoms with Crippen LogP contribution in [0.5, 0.6) is 0 Å². The molecule has 0 saturated heterocycles. The van der Waals surface area contributed by atoms with Crippen molar-refractivity contribution in [3.8, 4) is 5.69 Å². The largest absolute Gasteiger partial charge is 0.432 e. The lowest BCUT2D eigenvalue weighted by Gasteiger charge is -2.04. The Bertz CT molecular complexity index is 597. The van der Waals surface area contributed by atoms with Crippen molar-refractivity contribution in [3.05, 3.63) is 52.2 Å². The summed E-state index contributed by atoms with van der Waals surface area (Å²) in [4.78, 5) is 11.3. The Kier molecular flexibility index (Phi) is 2.53. The maximum atomic E-state index is 12.9. The van der Waals surface area contributed by atoms with Gasteiger partial charge < -0.3 is 0 Å². The van der Waals surface area contributed by atoms with Crippen molar-refractivity contribution in [1.82, 2.24) is 9.78 Å². The van der Waals surface area contributed by atoms with E-state index in [0.717, 1.165) is 12.1 Å². The van der Waals surface area contributed by atoms with Gasteiger partial charge in [0.1, 0.15) is 11.5 Å². The van der Waals surface area contributed by atoms with E-state index in [9.17, 15) is 22.4 Å². The number of nitrogens with one attached hydrogen (secondary N) is 1. The fourth-order valence-electron chi connectivity index (χ4n) is 1.35. The molecule has 0 saturated carbocycles. The topological polar surface area (TPSA) is 37.8 Å². The third-order valence-corrected chi connectivity index (χ3v) is 2.09. The summed E-state index contributed by atoms with van der Waals surface area (Å²) in [6, 6.07) is 5.12. The number of aromatic amines is 1. The van der Waals surface area contributed by atoms with Crippen LogP contribution in [0.25, 0.3) is 5.69 Å². The third-order valence-electron chi connectivity index (χ3n) is 2.09. The molecule has 3 nitrogen and oxygen atoms in total. The lowest BCUT2D eigenvalue weighted by Crippen LogP contribution is -2.13. The van der Waals surface area contributed by atoms with Crippen LogP contribution in [-0.2, 0) is 6.18 Å². The van der Waals surface area contributed by atoms with Gasteiger partial charge in [0.2, 0.25) is 0 Å². The Morgan fingerprint density at radius 2 is 1.88 bits per heavy atom. The lowest BCUT2D eigenvalue weighted by atomic mass is 10.3. The third kappa shape index (κ3) is 2.22. The number of halogens is 4. The van der Waals surface area contributed by atoms with Gasteiger partial charge in [-0.2, -0.15) is 13.2 Å². The van der Waals surface area contributed by atoms with Crippen molar-refractivity contribution in [2.75, 3.05) is 0 Å². The zero-order chi connectivity index (χ0) is 12.6. The van der Waals surface area contributed by atoms with Gasteiger partial charge in [-0.25, -0.2) is 9.07 Å². The van der Waals surface area contributed by atoms with Crippen molar-refractivity contribution in [3.63, 3.8) is 0 Å². The molecule has 2 rings (SSSR count). The van der Waals surface area contributed by atoms with Crippen LogP contribution in [0.15, 0.2) is 35.1 Å². The highest BCUT2D eigenvalue weighted by atomic mass is 19.4. The molecule has 17 heavy (non-hydrogen) atoms. The minimum atomic E-state index is -4.64. The summed E-state index contributed by atoms with van der Waals surface area (Å²) < 4.78 is 50.5. The van der Waals surface area contributed by atoms with Gasteiger partial charge in [0.05, 0.1) is 5.69 Å². The summed E-state index contributed by atoms with van der Waals surface area (Å²) in [6.45, 7) is 0. The van der Waals surface area contributed by atoms with Gasteiger partial charge in [-0.1, -0.05) is 6.07 Å². The summed E-state index contributed by atoms with van der Waals surface area (Å²) >= 11 is 0. The van der Waals surface area contributed by atoms with E-state index in [1.807, 2.05) is 5.10 Å². The highest BCUT2D eigenvalue weighted by Gasteiger charge is 2.33. The van der Waals surface area contributed by atoms with E-state index in [4.69, 9.17) is 0 Å². The molecule has 7 heteroatoms. The molecule has 0 unspecified atom stereocenters. The number of aromatic nitrogens is 2. The summed E-state index contributed by atoms with van der Waals surface area (Å²) in [6.07, 6.45) is -4.64. The standard InChI is InChI=1S/C10H6F4N2O/c11-6-2-1-3-7(4-6)16-9(17)5-8(15-16)10(12,13)14/h1-5,15H. The first-order valence-corrected chi connectivity index (χ1v) is 4.53. The lowest BCUT2D eigenvalue weighted by molar-refractivity contribution is -0.141. The van der Waals surface area contributed by atoms with E-state index < -0.39 is 23.2 Å². The number of rotatable bonds is 1. The number of hydrogen-bond acceptors (Lipinski definition) is 1. The average Bonchev–Trinajstić information content (AvgIpc) is 2.60.